The van der Waals surface area contributed by atoms with Crippen LogP contribution in [0, 0.1) is 0 Å². The fourth-order valence-corrected chi connectivity index (χ4v) is 2.73. The van der Waals surface area contributed by atoms with E-state index in [9.17, 15) is 4.79 Å². The quantitative estimate of drug-likeness (QED) is 0.683. The van der Waals surface area contributed by atoms with E-state index < -0.39 is 0 Å². The van der Waals surface area contributed by atoms with E-state index in [1.54, 1.807) is 0 Å². The van der Waals surface area contributed by atoms with Gasteiger partial charge in [-0.2, -0.15) is 0 Å². The molecule has 2 aromatic rings. The summed E-state index contributed by atoms with van der Waals surface area (Å²) in [5.41, 5.74) is 3.73. The number of hydrogen-bond acceptors (Lipinski definition) is 2. The van der Waals surface area contributed by atoms with Gasteiger partial charge in [-0.25, -0.2) is 0 Å². The van der Waals surface area contributed by atoms with Gasteiger partial charge in [-0.15, -0.1) is 0 Å². The molecule has 2 rings (SSSR count). The maximum atomic E-state index is 12.0. The molecule has 0 radical (unpaired) electrons. The second-order valence-corrected chi connectivity index (χ2v) is 6.56. The predicted octanol–water partition coefficient (Wildman–Crippen LogP) is 4.50. The van der Waals surface area contributed by atoms with Crippen molar-refractivity contribution in [3.05, 3.63) is 65.2 Å². The van der Waals surface area contributed by atoms with E-state index in [4.69, 9.17) is 4.74 Å². The molecule has 134 valence electrons. The highest BCUT2D eigenvalue weighted by atomic mass is 16.5. The van der Waals surface area contributed by atoms with Crippen molar-refractivity contribution >= 4 is 5.91 Å². The lowest BCUT2D eigenvalue weighted by Gasteiger charge is -2.14. The molecule has 3 heteroatoms. The number of hydrogen-bond donors (Lipinski definition) is 1. The number of carbonyl (C=O) groups excluding carboxylic acids is 1. The van der Waals surface area contributed by atoms with Crippen LogP contribution in [0.25, 0.3) is 0 Å². The van der Waals surface area contributed by atoms with Crippen LogP contribution in [0.1, 0.15) is 49.8 Å². The lowest BCUT2D eigenvalue weighted by atomic mass is 10.0. The fourth-order valence-electron chi connectivity index (χ4n) is 2.73. The third kappa shape index (κ3) is 6.26. The van der Waals surface area contributed by atoms with Crippen molar-refractivity contribution in [2.24, 2.45) is 0 Å². The summed E-state index contributed by atoms with van der Waals surface area (Å²) in [7, 11) is 0. The zero-order valence-electron chi connectivity index (χ0n) is 15.5. The van der Waals surface area contributed by atoms with Gasteiger partial charge in [0.25, 0.3) is 0 Å². The van der Waals surface area contributed by atoms with Crippen LogP contribution in [-0.4, -0.2) is 19.1 Å². The molecule has 0 saturated heterocycles. The monoisotopic (exact) mass is 339 g/mol. The zero-order chi connectivity index (χ0) is 18.1. The van der Waals surface area contributed by atoms with Crippen LogP contribution in [0.3, 0.4) is 0 Å². The number of amides is 1. The number of nitrogens with one attached hydrogen (secondary N) is 1. The standard InChI is InChI=1S/C22H29NO2/c1-4-18-9-11-19(12-10-18)13-14-22(24)23-15-16-25-21-8-6-5-7-20(21)17(2)3/h5-12,17H,4,13-16H2,1-3H3,(H,23,24). The number of aryl methyl sites for hydroxylation is 2. The zero-order valence-corrected chi connectivity index (χ0v) is 15.5. The summed E-state index contributed by atoms with van der Waals surface area (Å²) >= 11 is 0. The van der Waals surface area contributed by atoms with Gasteiger partial charge in [-0.05, 0) is 41.5 Å². The highest BCUT2D eigenvalue weighted by Crippen LogP contribution is 2.25. The molecule has 0 aromatic heterocycles. The highest BCUT2D eigenvalue weighted by Gasteiger charge is 2.07. The largest absolute Gasteiger partial charge is 0.491 e. The molecule has 3 nitrogen and oxygen atoms in total. The van der Waals surface area contributed by atoms with Crippen molar-refractivity contribution in [3.8, 4) is 5.75 Å². The number of ether oxygens (including phenoxy) is 1. The van der Waals surface area contributed by atoms with E-state index in [-0.39, 0.29) is 5.91 Å². The molecule has 0 aliphatic heterocycles. The van der Waals surface area contributed by atoms with E-state index in [0.717, 1.165) is 18.6 Å². The van der Waals surface area contributed by atoms with Crippen LogP contribution in [0.15, 0.2) is 48.5 Å². The summed E-state index contributed by atoms with van der Waals surface area (Å²) in [4.78, 5) is 12.0. The third-order valence-electron chi connectivity index (χ3n) is 4.29. The van der Waals surface area contributed by atoms with Gasteiger partial charge in [0.05, 0.1) is 6.54 Å². The van der Waals surface area contributed by atoms with Crippen LogP contribution in [0.2, 0.25) is 0 Å². The molecule has 0 aliphatic rings. The topological polar surface area (TPSA) is 38.3 Å². The molecule has 0 fully saturated rings. The first kappa shape index (κ1) is 19.0. The Morgan fingerprint density at radius 2 is 1.72 bits per heavy atom. The van der Waals surface area contributed by atoms with Gasteiger partial charge in [-0.3, -0.25) is 4.79 Å². The SMILES string of the molecule is CCc1ccc(CCC(=O)NCCOc2ccccc2C(C)C)cc1. The summed E-state index contributed by atoms with van der Waals surface area (Å²) in [6, 6.07) is 16.6. The first-order valence-corrected chi connectivity index (χ1v) is 9.16. The van der Waals surface area contributed by atoms with E-state index in [1.165, 1.54) is 16.7 Å². The normalized spacial score (nSPS) is 10.7. The van der Waals surface area contributed by atoms with Crippen molar-refractivity contribution in [2.75, 3.05) is 13.2 Å². The first-order chi connectivity index (χ1) is 12.1. The van der Waals surface area contributed by atoms with E-state index in [1.807, 2.05) is 18.2 Å². The average molecular weight is 339 g/mol. The predicted molar refractivity (Wildman–Crippen MR) is 103 cm³/mol. The molecule has 0 aliphatic carbocycles. The number of carbonyl (C=O) groups is 1. The van der Waals surface area contributed by atoms with Gasteiger partial charge >= 0.3 is 0 Å². The van der Waals surface area contributed by atoms with Gasteiger partial charge in [0.2, 0.25) is 5.91 Å². The molecular weight excluding hydrogens is 310 g/mol. The highest BCUT2D eigenvalue weighted by molar-refractivity contribution is 5.76. The minimum atomic E-state index is 0.0697. The number of para-hydroxylation sites is 1. The van der Waals surface area contributed by atoms with Gasteiger partial charge in [0.1, 0.15) is 12.4 Å². The summed E-state index contributed by atoms with van der Waals surface area (Å²) < 4.78 is 5.82. The molecule has 1 amide bonds. The Bertz CT molecular complexity index is 662. The Labute approximate surface area is 151 Å². The Morgan fingerprint density at radius 1 is 1.04 bits per heavy atom. The van der Waals surface area contributed by atoms with Gasteiger partial charge in [-0.1, -0.05) is 63.2 Å². The maximum Gasteiger partial charge on any atom is 0.220 e. The molecule has 0 spiro atoms. The van der Waals surface area contributed by atoms with Crippen molar-refractivity contribution in [3.63, 3.8) is 0 Å². The Morgan fingerprint density at radius 3 is 2.40 bits per heavy atom. The van der Waals surface area contributed by atoms with Crippen LogP contribution in [0.5, 0.6) is 5.75 Å². The Kier molecular flexibility index (Phi) is 7.52. The van der Waals surface area contributed by atoms with Crippen molar-refractivity contribution in [1.82, 2.24) is 5.32 Å². The Hall–Kier alpha value is -2.29. The molecule has 1 N–H and O–H groups in total. The molecule has 25 heavy (non-hydrogen) atoms. The number of rotatable bonds is 9. The molecule has 0 bridgehead atoms. The Balaban J connectivity index is 1.68. The smallest absolute Gasteiger partial charge is 0.220 e. The lowest BCUT2D eigenvalue weighted by Crippen LogP contribution is -2.28. The fraction of sp³-hybridized carbons (Fsp3) is 0.409. The summed E-state index contributed by atoms with van der Waals surface area (Å²) in [5, 5.41) is 2.93. The van der Waals surface area contributed by atoms with Gasteiger partial charge in [0, 0.05) is 6.42 Å². The summed E-state index contributed by atoms with van der Waals surface area (Å²) in [5.74, 6) is 1.40. The van der Waals surface area contributed by atoms with Gasteiger partial charge < -0.3 is 10.1 Å². The molecule has 2 aromatic carbocycles. The lowest BCUT2D eigenvalue weighted by molar-refractivity contribution is -0.121. The maximum absolute atomic E-state index is 12.0. The van der Waals surface area contributed by atoms with Crippen molar-refractivity contribution < 1.29 is 9.53 Å². The van der Waals surface area contributed by atoms with Crippen LogP contribution in [0.4, 0.5) is 0 Å². The van der Waals surface area contributed by atoms with E-state index >= 15 is 0 Å². The molecular formula is C22H29NO2. The number of benzene rings is 2. The molecule has 0 saturated carbocycles. The van der Waals surface area contributed by atoms with E-state index in [2.05, 4.69) is 56.4 Å². The minimum absolute atomic E-state index is 0.0697. The molecule has 0 heterocycles. The van der Waals surface area contributed by atoms with Crippen LogP contribution < -0.4 is 10.1 Å². The van der Waals surface area contributed by atoms with Gasteiger partial charge in [0.15, 0.2) is 0 Å². The molecule has 0 atom stereocenters. The first-order valence-electron chi connectivity index (χ1n) is 9.16. The average Bonchev–Trinajstić information content (AvgIpc) is 2.64. The minimum Gasteiger partial charge on any atom is -0.491 e. The summed E-state index contributed by atoms with van der Waals surface area (Å²) in [6.07, 6.45) is 2.32. The van der Waals surface area contributed by atoms with Crippen molar-refractivity contribution in [1.29, 1.82) is 0 Å². The second-order valence-electron chi connectivity index (χ2n) is 6.56. The second kappa shape index (κ2) is 9.87. The summed E-state index contributed by atoms with van der Waals surface area (Å²) in [6.45, 7) is 7.46. The van der Waals surface area contributed by atoms with Crippen LogP contribution in [-0.2, 0) is 17.6 Å². The third-order valence-corrected chi connectivity index (χ3v) is 4.29. The molecule has 0 unspecified atom stereocenters. The van der Waals surface area contributed by atoms with Crippen molar-refractivity contribution in [2.45, 2.75) is 46.0 Å². The van der Waals surface area contributed by atoms with Crippen LogP contribution >= 0.6 is 0 Å². The van der Waals surface area contributed by atoms with E-state index in [0.29, 0.717) is 25.5 Å².